The number of nitrogens with one attached hydrogen (secondary N) is 2. The van der Waals surface area contributed by atoms with Gasteiger partial charge >= 0.3 is 5.96 Å². The molecule has 258 valence electrons. The van der Waals surface area contributed by atoms with Gasteiger partial charge in [0.05, 0.1) is 13.2 Å². The van der Waals surface area contributed by atoms with E-state index in [9.17, 15) is 19.5 Å². The van der Waals surface area contributed by atoms with Crippen molar-refractivity contribution in [3.63, 3.8) is 0 Å². The Balaban J connectivity index is 1.42. The highest BCUT2D eigenvalue weighted by Gasteiger charge is 2.24. The number of anilines is 1. The number of benzene rings is 5. The molecule has 0 aliphatic rings. The minimum atomic E-state index is -0.702. The van der Waals surface area contributed by atoms with Crippen molar-refractivity contribution in [3.05, 3.63) is 103 Å². The molecule has 1 atom stereocenters. The number of ether oxygens (including phenoxy) is 2. The molecule has 10 nitrogen and oxygen atoms in total. The van der Waals surface area contributed by atoms with Crippen LogP contribution in [0.4, 0.5) is 5.69 Å². The highest BCUT2D eigenvalue weighted by atomic mass is 16.5. The number of guanidine groups is 1. The maximum Gasteiger partial charge on any atom is 0.338 e. The Morgan fingerprint density at radius 3 is 2.08 bits per heavy atom. The zero-order valence-corrected chi connectivity index (χ0v) is 28.1. The first kappa shape index (κ1) is 35.6. The quantitative estimate of drug-likeness (QED) is 0.0420. The van der Waals surface area contributed by atoms with E-state index in [1.165, 1.54) is 6.07 Å². The molecule has 0 saturated heterocycles. The molecule has 0 spiro atoms. The molecule has 5 aromatic rings. The van der Waals surface area contributed by atoms with Crippen LogP contribution in [-0.2, 0) is 9.59 Å². The van der Waals surface area contributed by atoms with Gasteiger partial charge in [-0.25, -0.2) is 0 Å². The van der Waals surface area contributed by atoms with Crippen molar-refractivity contribution in [2.45, 2.75) is 32.6 Å². The lowest BCUT2D eigenvalue weighted by atomic mass is 9.92. The van der Waals surface area contributed by atoms with Gasteiger partial charge in [-0.1, -0.05) is 79.7 Å². The summed E-state index contributed by atoms with van der Waals surface area (Å²) in [6.07, 6.45) is 1.64. The van der Waals surface area contributed by atoms with Crippen molar-refractivity contribution in [1.82, 2.24) is 0 Å². The predicted octanol–water partition coefficient (Wildman–Crippen LogP) is 4.35. The van der Waals surface area contributed by atoms with Gasteiger partial charge in [-0.3, -0.25) is 30.8 Å². The molecule has 0 heterocycles. The van der Waals surface area contributed by atoms with E-state index in [2.05, 4.69) is 29.4 Å². The maximum atomic E-state index is 13.6. The molecule has 0 aliphatic heterocycles. The first-order valence-corrected chi connectivity index (χ1v) is 16.8. The van der Waals surface area contributed by atoms with E-state index in [1.54, 1.807) is 18.2 Å². The van der Waals surface area contributed by atoms with E-state index >= 15 is 0 Å². The number of hydrogen-bond acceptors (Lipinski definition) is 6. The van der Waals surface area contributed by atoms with Crippen LogP contribution in [0, 0.1) is 5.92 Å². The molecular formula is C40H43N4O6+. The lowest BCUT2D eigenvalue weighted by molar-refractivity contribution is -0.459. The van der Waals surface area contributed by atoms with Gasteiger partial charge in [0.1, 0.15) is 24.7 Å². The average molecular weight is 676 g/mol. The second kappa shape index (κ2) is 17.1. The molecule has 0 saturated carbocycles. The monoisotopic (exact) mass is 675 g/mol. The van der Waals surface area contributed by atoms with E-state index in [-0.39, 0.29) is 36.2 Å². The lowest BCUT2D eigenvalue weighted by Gasteiger charge is -2.20. The molecule has 0 unspecified atom stereocenters. The number of fused-ring (bicyclic) bond motifs is 2. The molecule has 0 bridgehead atoms. The molecule has 5 aromatic carbocycles. The molecule has 0 aromatic heterocycles. The van der Waals surface area contributed by atoms with Crippen molar-refractivity contribution in [1.29, 1.82) is 0 Å². The number of ketones is 2. The fourth-order valence-corrected chi connectivity index (χ4v) is 5.98. The van der Waals surface area contributed by atoms with Crippen LogP contribution in [-0.4, -0.2) is 54.9 Å². The first-order valence-electron chi connectivity index (χ1n) is 16.8. The number of hydrogen-bond donors (Lipinski definition) is 5. The second-order valence-corrected chi connectivity index (χ2v) is 12.1. The van der Waals surface area contributed by atoms with Crippen molar-refractivity contribution in [2.75, 3.05) is 31.7 Å². The molecule has 1 amide bonds. The van der Waals surface area contributed by atoms with Gasteiger partial charge in [-0.2, -0.15) is 0 Å². The van der Waals surface area contributed by atoms with Crippen molar-refractivity contribution in [3.8, 4) is 22.6 Å². The molecule has 0 fully saturated rings. The van der Waals surface area contributed by atoms with Gasteiger partial charge in [0.2, 0.25) is 5.91 Å². The van der Waals surface area contributed by atoms with Crippen molar-refractivity contribution < 1.29 is 34.0 Å². The van der Waals surface area contributed by atoms with Crippen LogP contribution in [0.25, 0.3) is 32.7 Å². The predicted molar refractivity (Wildman–Crippen MR) is 196 cm³/mol. The van der Waals surface area contributed by atoms with Crippen molar-refractivity contribution >= 4 is 50.7 Å². The molecular weight excluding hydrogens is 632 g/mol. The Bertz CT molecular complexity index is 2020. The Morgan fingerprint density at radius 1 is 0.820 bits per heavy atom. The third kappa shape index (κ3) is 8.83. The maximum absolute atomic E-state index is 13.6. The number of nitrogens with two attached hydrogens (primary N) is 2. The summed E-state index contributed by atoms with van der Waals surface area (Å²) in [5, 5.41) is 16.1. The van der Waals surface area contributed by atoms with Gasteiger partial charge in [0.15, 0.2) is 11.6 Å². The number of carbonyl (C=O) groups is 3. The van der Waals surface area contributed by atoms with E-state index in [1.807, 2.05) is 60.7 Å². The largest absolute Gasteiger partial charge is 0.493 e. The van der Waals surface area contributed by atoms with E-state index in [0.29, 0.717) is 37.4 Å². The van der Waals surface area contributed by atoms with Gasteiger partial charge in [0.25, 0.3) is 0 Å². The summed E-state index contributed by atoms with van der Waals surface area (Å²) in [4.78, 5) is 41.9. The van der Waals surface area contributed by atoms with Crippen molar-refractivity contribution in [2.24, 2.45) is 17.4 Å². The number of aliphatic hydroxyl groups excluding tert-OH is 1. The minimum Gasteiger partial charge on any atom is -0.493 e. The fraction of sp³-hybridized carbons (Fsp3) is 0.250. The molecule has 50 heavy (non-hydrogen) atoms. The topological polar surface area (TPSA) is 168 Å². The third-order valence-electron chi connectivity index (χ3n) is 8.38. The number of Topliss-reactive ketones (excluding diaryl/α,β-unsaturated/α-hetero) is 2. The highest BCUT2D eigenvalue weighted by Crippen LogP contribution is 2.45. The molecule has 5 rings (SSSR count). The van der Waals surface area contributed by atoms with Gasteiger partial charge in [0, 0.05) is 34.7 Å². The summed E-state index contributed by atoms with van der Waals surface area (Å²) in [5.41, 5.74) is 13.4. The normalized spacial score (nSPS) is 11.6. The first-order chi connectivity index (χ1) is 24.3. The van der Waals surface area contributed by atoms with Gasteiger partial charge in [-0.15, -0.1) is 0 Å². The zero-order valence-electron chi connectivity index (χ0n) is 28.1. The summed E-state index contributed by atoms with van der Waals surface area (Å²) >= 11 is 0. The number of carbonyl (C=O) groups excluding carboxylic acids is 3. The summed E-state index contributed by atoms with van der Waals surface area (Å²) in [7, 11) is 0. The fourth-order valence-electron chi connectivity index (χ4n) is 5.98. The minimum absolute atomic E-state index is 0.0708. The SMILES string of the molecule is CCCOc1ccc2ccccc2c1-c1c(OCC(=O)C[C@H](CCC[NH+]=C(N)N)C(=O)Nc2cccc(C(=O)CO)c2)ccc2ccccc12. The van der Waals surface area contributed by atoms with E-state index in [0.717, 1.165) is 44.8 Å². The van der Waals surface area contributed by atoms with Gasteiger partial charge in [-0.05, 0) is 65.1 Å². The Kier molecular flexibility index (Phi) is 12.1. The summed E-state index contributed by atoms with van der Waals surface area (Å²) < 4.78 is 12.6. The summed E-state index contributed by atoms with van der Waals surface area (Å²) in [6, 6.07) is 30.3. The summed E-state index contributed by atoms with van der Waals surface area (Å²) in [6.45, 7) is 2.12. The Hall–Kier alpha value is -5.74. The van der Waals surface area contributed by atoms with Crippen LogP contribution in [0.1, 0.15) is 43.0 Å². The van der Waals surface area contributed by atoms with Crippen LogP contribution in [0.5, 0.6) is 11.5 Å². The average Bonchev–Trinajstić information content (AvgIpc) is 3.13. The highest BCUT2D eigenvalue weighted by molar-refractivity contribution is 6.10. The molecule has 0 radical (unpaired) electrons. The van der Waals surface area contributed by atoms with Gasteiger partial charge < -0.3 is 19.9 Å². The summed E-state index contributed by atoms with van der Waals surface area (Å²) in [5.74, 6) is -0.480. The Labute approximate surface area is 291 Å². The van der Waals surface area contributed by atoms with Crippen LogP contribution >= 0.6 is 0 Å². The number of amides is 1. The van der Waals surface area contributed by atoms with Crippen LogP contribution < -0.4 is 31.3 Å². The standard InChI is InChI=1S/C40H42N4O6/c1-2-21-49-35-18-16-26-9-3-5-14-32(26)37(35)38-33-15-6-4-10-27(33)17-19-36(38)50-25-31(46)23-29(12-8-20-43-40(41)42)39(48)44-30-13-7-11-28(22-30)34(47)24-45/h3-7,9-11,13-19,22,29,45H,2,8,12,20-21,23-25H2,1H3,(H,44,48)(H4,41,42,43)/p+1/t29-/m0/s1. The number of rotatable bonds is 17. The third-order valence-corrected chi connectivity index (χ3v) is 8.38. The Morgan fingerprint density at radius 2 is 1.46 bits per heavy atom. The van der Waals surface area contributed by atoms with Crippen LogP contribution in [0.15, 0.2) is 97.1 Å². The second-order valence-electron chi connectivity index (χ2n) is 12.1. The van der Waals surface area contributed by atoms with E-state index in [4.69, 9.17) is 20.9 Å². The molecule has 10 heteroatoms. The van der Waals surface area contributed by atoms with Crippen LogP contribution in [0.2, 0.25) is 0 Å². The van der Waals surface area contributed by atoms with Crippen LogP contribution in [0.3, 0.4) is 0 Å². The zero-order chi connectivity index (χ0) is 35.5. The van der Waals surface area contributed by atoms with E-state index < -0.39 is 18.3 Å². The molecule has 7 N–H and O–H groups in total. The lowest BCUT2D eigenvalue weighted by Crippen LogP contribution is -2.78. The molecule has 0 aliphatic carbocycles. The smallest absolute Gasteiger partial charge is 0.338 e. The number of aliphatic hydroxyl groups is 1.